The van der Waals surface area contributed by atoms with Crippen molar-refractivity contribution in [1.29, 1.82) is 0 Å². The fourth-order valence-corrected chi connectivity index (χ4v) is 1.74. The number of ether oxygens (including phenoxy) is 3. The lowest BCUT2D eigenvalue weighted by Gasteiger charge is -2.27. The van der Waals surface area contributed by atoms with Gasteiger partial charge in [-0.05, 0) is 24.6 Å². The molecule has 0 saturated heterocycles. The molecule has 0 aliphatic rings. The van der Waals surface area contributed by atoms with E-state index in [2.05, 4.69) is 5.32 Å². The summed E-state index contributed by atoms with van der Waals surface area (Å²) in [6.45, 7) is 2.54. The molecule has 19 heavy (non-hydrogen) atoms. The molecule has 0 unspecified atom stereocenters. The lowest BCUT2D eigenvalue weighted by Crippen LogP contribution is -2.53. The Hall–Kier alpha value is -1.59. The number of methoxy groups -OCH3 is 3. The Morgan fingerprint density at radius 1 is 1.21 bits per heavy atom. The summed E-state index contributed by atoms with van der Waals surface area (Å²) in [7, 11) is 4.54. The zero-order chi connectivity index (χ0) is 14.3. The Balaban J connectivity index is 2.67. The molecule has 0 bridgehead atoms. The molecule has 0 spiro atoms. The molecule has 0 aliphatic heterocycles. The maximum absolute atomic E-state index is 11.8. The molecule has 0 amide bonds. The summed E-state index contributed by atoms with van der Waals surface area (Å²) in [6, 6.07) is 7.64. The first-order chi connectivity index (χ1) is 9.05. The van der Waals surface area contributed by atoms with Gasteiger partial charge in [-0.1, -0.05) is 12.1 Å². The number of hydrogen-bond donors (Lipinski definition) is 1. The van der Waals surface area contributed by atoms with Crippen LogP contribution in [0.25, 0.3) is 0 Å². The zero-order valence-electron chi connectivity index (χ0n) is 11.9. The first kappa shape index (κ1) is 15.5. The molecule has 0 aliphatic carbocycles. The van der Waals surface area contributed by atoms with E-state index < -0.39 is 5.54 Å². The van der Waals surface area contributed by atoms with Crippen LogP contribution in [0.5, 0.6) is 5.75 Å². The van der Waals surface area contributed by atoms with Gasteiger partial charge in [-0.2, -0.15) is 0 Å². The summed E-state index contributed by atoms with van der Waals surface area (Å²) in [5.74, 6) is 0.458. The van der Waals surface area contributed by atoms with Crippen LogP contribution < -0.4 is 10.1 Å². The van der Waals surface area contributed by atoms with E-state index in [0.29, 0.717) is 6.54 Å². The van der Waals surface area contributed by atoms with E-state index >= 15 is 0 Å². The minimum Gasteiger partial charge on any atom is -0.497 e. The van der Waals surface area contributed by atoms with Gasteiger partial charge in [0.25, 0.3) is 0 Å². The number of carbonyl (C=O) groups excluding carboxylic acids is 1. The minimum absolute atomic E-state index is 0.246. The van der Waals surface area contributed by atoms with E-state index in [-0.39, 0.29) is 12.6 Å². The smallest absolute Gasteiger partial charge is 0.328 e. The van der Waals surface area contributed by atoms with Crippen LogP contribution in [0.1, 0.15) is 12.5 Å². The second-order valence-corrected chi connectivity index (χ2v) is 4.46. The molecular weight excluding hydrogens is 246 g/mol. The molecule has 1 atom stereocenters. The molecule has 0 aromatic heterocycles. The Labute approximate surface area is 113 Å². The van der Waals surface area contributed by atoms with Crippen LogP contribution in [0.3, 0.4) is 0 Å². The van der Waals surface area contributed by atoms with Gasteiger partial charge in [0.2, 0.25) is 0 Å². The number of esters is 1. The predicted molar refractivity (Wildman–Crippen MR) is 72.1 cm³/mol. The third-order valence-corrected chi connectivity index (χ3v) is 2.91. The summed E-state index contributed by atoms with van der Waals surface area (Å²) in [6.07, 6.45) is 0. The largest absolute Gasteiger partial charge is 0.497 e. The highest BCUT2D eigenvalue weighted by atomic mass is 16.5. The average Bonchev–Trinajstić information content (AvgIpc) is 2.45. The van der Waals surface area contributed by atoms with Gasteiger partial charge in [-0.3, -0.25) is 5.32 Å². The van der Waals surface area contributed by atoms with Crippen molar-refractivity contribution >= 4 is 5.97 Å². The normalized spacial score (nSPS) is 13.7. The van der Waals surface area contributed by atoms with E-state index in [1.54, 1.807) is 21.1 Å². The van der Waals surface area contributed by atoms with Crippen molar-refractivity contribution in [2.24, 2.45) is 0 Å². The third-order valence-electron chi connectivity index (χ3n) is 2.91. The molecule has 1 aromatic rings. The van der Waals surface area contributed by atoms with Crippen molar-refractivity contribution in [3.63, 3.8) is 0 Å². The van der Waals surface area contributed by atoms with Gasteiger partial charge in [0.05, 0.1) is 20.8 Å². The Kier molecular flexibility index (Phi) is 5.79. The van der Waals surface area contributed by atoms with Crippen LogP contribution in [-0.4, -0.2) is 39.4 Å². The standard InChI is InChI=1S/C14H21NO4/c1-14(10-17-2,13(16)19-4)15-9-11-5-7-12(18-3)8-6-11/h5-8,15H,9-10H2,1-4H3/t14-/m0/s1. The molecule has 0 saturated carbocycles. The van der Waals surface area contributed by atoms with Crippen LogP contribution in [0, 0.1) is 0 Å². The highest BCUT2D eigenvalue weighted by Gasteiger charge is 2.33. The first-order valence-electron chi connectivity index (χ1n) is 6.01. The van der Waals surface area contributed by atoms with Crippen LogP contribution in [0.15, 0.2) is 24.3 Å². The fourth-order valence-electron chi connectivity index (χ4n) is 1.74. The van der Waals surface area contributed by atoms with Crippen LogP contribution in [0.2, 0.25) is 0 Å². The highest BCUT2D eigenvalue weighted by molar-refractivity contribution is 5.80. The molecule has 5 heteroatoms. The second-order valence-electron chi connectivity index (χ2n) is 4.46. The van der Waals surface area contributed by atoms with Crippen molar-refractivity contribution in [3.05, 3.63) is 29.8 Å². The SMILES string of the molecule is COC[C@](C)(NCc1ccc(OC)cc1)C(=O)OC. The zero-order valence-corrected chi connectivity index (χ0v) is 11.9. The quantitative estimate of drug-likeness (QED) is 0.756. The summed E-state index contributed by atoms with van der Waals surface area (Å²) in [4.78, 5) is 11.8. The Morgan fingerprint density at radius 3 is 2.32 bits per heavy atom. The maximum atomic E-state index is 11.8. The molecule has 0 radical (unpaired) electrons. The van der Waals surface area contributed by atoms with Gasteiger partial charge in [-0.25, -0.2) is 4.79 Å². The lowest BCUT2D eigenvalue weighted by atomic mass is 10.0. The molecular formula is C14H21NO4. The first-order valence-corrected chi connectivity index (χ1v) is 6.01. The van der Waals surface area contributed by atoms with Crippen molar-refractivity contribution in [2.45, 2.75) is 19.0 Å². The number of rotatable bonds is 7. The molecule has 1 rings (SSSR count). The maximum Gasteiger partial charge on any atom is 0.328 e. The molecule has 1 N–H and O–H groups in total. The topological polar surface area (TPSA) is 56.8 Å². The predicted octanol–water partition coefficient (Wildman–Crippen LogP) is 1.36. The van der Waals surface area contributed by atoms with Crippen molar-refractivity contribution in [3.8, 4) is 5.75 Å². The van der Waals surface area contributed by atoms with E-state index in [4.69, 9.17) is 14.2 Å². The van der Waals surface area contributed by atoms with Crippen LogP contribution in [-0.2, 0) is 20.8 Å². The average molecular weight is 267 g/mol. The fraction of sp³-hybridized carbons (Fsp3) is 0.500. The van der Waals surface area contributed by atoms with E-state index in [0.717, 1.165) is 11.3 Å². The molecule has 1 aromatic carbocycles. The van der Waals surface area contributed by atoms with E-state index in [9.17, 15) is 4.79 Å². The van der Waals surface area contributed by atoms with Gasteiger partial charge < -0.3 is 14.2 Å². The van der Waals surface area contributed by atoms with Crippen molar-refractivity contribution in [1.82, 2.24) is 5.32 Å². The molecule has 5 nitrogen and oxygen atoms in total. The minimum atomic E-state index is -0.858. The van der Waals surface area contributed by atoms with Crippen molar-refractivity contribution < 1.29 is 19.0 Å². The Morgan fingerprint density at radius 2 is 1.84 bits per heavy atom. The summed E-state index contributed by atoms with van der Waals surface area (Å²) >= 11 is 0. The van der Waals surface area contributed by atoms with E-state index in [1.165, 1.54) is 7.11 Å². The summed E-state index contributed by atoms with van der Waals surface area (Å²) in [5.41, 5.74) is 0.190. The molecule has 0 heterocycles. The van der Waals surface area contributed by atoms with Gasteiger partial charge in [0, 0.05) is 13.7 Å². The number of carbonyl (C=O) groups is 1. The monoisotopic (exact) mass is 267 g/mol. The summed E-state index contributed by atoms with van der Waals surface area (Å²) < 4.78 is 15.0. The molecule has 106 valence electrons. The second kappa shape index (κ2) is 7.11. The highest BCUT2D eigenvalue weighted by Crippen LogP contribution is 2.13. The van der Waals surface area contributed by atoms with Crippen LogP contribution in [0.4, 0.5) is 0 Å². The summed E-state index contributed by atoms with van der Waals surface area (Å²) in [5, 5.41) is 3.16. The van der Waals surface area contributed by atoms with Gasteiger partial charge >= 0.3 is 5.97 Å². The number of nitrogens with one attached hydrogen (secondary N) is 1. The Bertz CT molecular complexity index is 404. The van der Waals surface area contributed by atoms with Gasteiger partial charge in [0.1, 0.15) is 11.3 Å². The number of hydrogen-bond acceptors (Lipinski definition) is 5. The number of benzene rings is 1. The van der Waals surface area contributed by atoms with Gasteiger partial charge in [0.15, 0.2) is 0 Å². The third kappa shape index (κ3) is 4.22. The van der Waals surface area contributed by atoms with E-state index in [1.807, 2.05) is 24.3 Å². The van der Waals surface area contributed by atoms with Crippen LogP contribution >= 0.6 is 0 Å². The van der Waals surface area contributed by atoms with Gasteiger partial charge in [-0.15, -0.1) is 0 Å². The lowest BCUT2D eigenvalue weighted by molar-refractivity contribution is -0.150. The molecule has 0 fully saturated rings. The van der Waals surface area contributed by atoms with Crippen molar-refractivity contribution in [2.75, 3.05) is 27.9 Å².